The molecule has 1 fully saturated rings. The van der Waals surface area contributed by atoms with Crippen molar-refractivity contribution in [3.63, 3.8) is 0 Å². The molecule has 1 rings (SSSR count). The van der Waals surface area contributed by atoms with Crippen LogP contribution in [0.4, 0.5) is 0 Å². The number of carboxylic acid groups (broad SMARTS) is 1. The second-order valence-corrected chi connectivity index (χ2v) is 3.57. The molecule has 6 heteroatoms. The maximum absolute atomic E-state index is 11.1. The van der Waals surface area contributed by atoms with E-state index in [0.717, 1.165) is 0 Å². The van der Waals surface area contributed by atoms with Gasteiger partial charge in [0.25, 0.3) is 0 Å². The van der Waals surface area contributed by atoms with Gasteiger partial charge in [0.1, 0.15) is 0 Å². The summed E-state index contributed by atoms with van der Waals surface area (Å²) in [5.74, 6) is -1.13. The molecule has 2 amide bonds. The van der Waals surface area contributed by atoms with Crippen LogP contribution in [0, 0.1) is 5.92 Å². The van der Waals surface area contributed by atoms with Gasteiger partial charge in [0.05, 0.1) is 6.42 Å². The van der Waals surface area contributed by atoms with Gasteiger partial charge in [0.15, 0.2) is 0 Å². The van der Waals surface area contributed by atoms with Crippen molar-refractivity contribution < 1.29 is 19.5 Å². The highest BCUT2D eigenvalue weighted by molar-refractivity contribution is 5.81. The molecule has 3 N–H and O–H groups in total. The Hall–Kier alpha value is -1.59. The van der Waals surface area contributed by atoms with E-state index in [9.17, 15) is 14.4 Å². The molecule has 0 aromatic carbocycles. The normalized spacial score (nSPS) is 19.7. The molecule has 1 unspecified atom stereocenters. The van der Waals surface area contributed by atoms with Crippen molar-refractivity contribution >= 4 is 17.8 Å². The fourth-order valence-electron chi connectivity index (χ4n) is 1.38. The van der Waals surface area contributed by atoms with Crippen molar-refractivity contribution in [3.8, 4) is 0 Å². The van der Waals surface area contributed by atoms with Gasteiger partial charge in [0, 0.05) is 31.8 Å². The van der Waals surface area contributed by atoms with Crippen LogP contribution in [0.1, 0.15) is 19.3 Å². The predicted molar refractivity (Wildman–Crippen MR) is 51.0 cm³/mol. The van der Waals surface area contributed by atoms with Crippen molar-refractivity contribution in [1.29, 1.82) is 0 Å². The summed E-state index contributed by atoms with van der Waals surface area (Å²) in [7, 11) is 0. The number of hydrogen-bond acceptors (Lipinski definition) is 3. The molecule has 1 saturated heterocycles. The van der Waals surface area contributed by atoms with Gasteiger partial charge in [-0.05, 0) is 0 Å². The quantitative estimate of drug-likeness (QED) is 0.553. The Kier molecular flexibility index (Phi) is 4.08. The van der Waals surface area contributed by atoms with E-state index in [4.69, 9.17) is 5.11 Å². The van der Waals surface area contributed by atoms with Gasteiger partial charge in [-0.2, -0.15) is 0 Å². The Bertz CT molecular complexity index is 277. The van der Waals surface area contributed by atoms with Crippen LogP contribution in [-0.4, -0.2) is 36.0 Å². The number of carbonyl (C=O) groups is 3. The van der Waals surface area contributed by atoms with Crippen LogP contribution in [0.3, 0.4) is 0 Å². The molecule has 6 nitrogen and oxygen atoms in total. The van der Waals surface area contributed by atoms with E-state index in [1.807, 2.05) is 0 Å². The summed E-state index contributed by atoms with van der Waals surface area (Å²) in [5.41, 5.74) is 0. The number of amides is 2. The standard InChI is InChI=1S/C9H14N2O4/c12-7(1-2-9(14)15)10-4-6-3-8(13)11-5-6/h6H,1-5H2,(H,10,12)(H,11,13)(H,14,15). The van der Waals surface area contributed by atoms with Crippen LogP contribution < -0.4 is 10.6 Å². The second kappa shape index (κ2) is 5.33. The van der Waals surface area contributed by atoms with E-state index in [-0.39, 0.29) is 30.6 Å². The molecule has 0 spiro atoms. The molecule has 0 aliphatic carbocycles. The minimum absolute atomic E-state index is 0.000199. The van der Waals surface area contributed by atoms with Crippen molar-refractivity contribution in [3.05, 3.63) is 0 Å². The Morgan fingerprint density at radius 2 is 2.20 bits per heavy atom. The van der Waals surface area contributed by atoms with Gasteiger partial charge in [-0.15, -0.1) is 0 Å². The lowest BCUT2D eigenvalue weighted by Crippen LogP contribution is -2.30. The minimum atomic E-state index is -0.983. The Balaban J connectivity index is 2.11. The summed E-state index contributed by atoms with van der Waals surface area (Å²) in [5, 5.41) is 13.6. The summed E-state index contributed by atoms with van der Waals surface area (Å²) in [6.45, 7) is 1.01. The lowest BCUT2D eigenvalue weighted by atomic mass is 10.1. The molecule has 0 aromatic rings. The highest BCUT2D eigenvalue weighted by Crippen LogP contribution is 2.06. The van der Waals surface area contributed by atoms with Gasteiger partial charge >= 0.3 is 5.97 Å². The van der Waals surface area contributed by atoms with Gasteiger partial charge in [0.2, 0.25) is 11.8 Å². The molecule has 0 radical (unpaired) electrons. The zero-order chi connectivity index (χ0) is 11.3. The number of carbonyl (C=O) groups excluding carboxylic acids is 2. The first-order valence-corrected chi connectivity index (χ1v) is 4.83. The number of rotatable bonds is 5. The van der Waals surface area contributed by atoms with E-state index in [2.05, 4.69) is 10.6 Å². The fourth-order valence-corrected chi connectivity index (χ4v) is 1.38. The molecule has 0 saturated carbocycles. The Morgan fingerprint density at radius 1 is 1.47 bits per heavy atom. The third-order valence-corrected chi connectivity index (χ3v) is 2.22. The number of nitrogens with one attached hydrogen (secondary N) is 2. The van der Waals surface area contributed by atoms with Crippen molar-refractivity contribution in [1.82, 2.24) is 10.6 Å². The van der Waals surface area contributed by atoms with E-state index >= 15 is 0 Å². The van der Waals surface area contributed by atoms with Crippen LogP contribution in [0.5, 0.6) is 0 Å². The third kappa shape index (κ3) is 4.44. The Labute approximate surface area is 87.0 Å². The first kappa shape index (κ1) is 11.5. The molecule has 1 aliphatic rings. The molecule has 1 heterocycles. The maximum atomic E-state index is 11.1. The Morgan fingerprint density at radius 3 is 2.73 bits per heavy atom. The monoisotopic (exact) mass is 214 g/mol. The summed E-state index contributed by atoms with van der Waals surface area (Å²) in [6.07, 6.45) is 0.260. The van der Waals surface area contributed by atoms with E-state index in [1.165, 1.54) is 0 Å². The molecule has 84 valence electrons. The number of carboxylic acids is 1. The first-order chi connectivity index (χ1) is 7.08. The van der Waals surface area contributed by atoms with Crippen LogP contribution in [0.25, 0.3) is 0 Å². The lowest BCUT2D eigenvalue weighted by molar-refractivity contribution is -0.138. The number of aliphatic carboxylic acids is 1. The highest BCUT2D eigenvalue weighted by Gasteiger charge is 2.21. The summed E-state index contributed by atoms with van der Waals surface area (Å²) in [6, 6.07) is 0. The highest BCUT2D eigenvalue weighted by atomic mass is 16.4. The average molecular weight is 214 g/mol. The van der Waals surface area contributed by atoms with Gasteiger partial charge in [-0.1, -0.05) is 0 Å². The fraction of sp³-hybridized carbons (Fsp3) is 0.667. The van der Waals surface area contributed by atoms with Gasteiger partial charge in [-0.3, -0.25) is 14.4 Å². The van der Waals surface area contributed by atoms with Gasteiger partial charge < -0.3 is 15.7 Å². The van der Waals surface area contributed by atoms with Crippen molar-refractivity contribution in [2.45, 2.75) is 19.3 Å². The van der Waals surface area contributed by atoms with Gasteiger partial charge in [-0.25, -0.2) is 0 Å². The van der Waals surface area contributed by atoms with Crippen LogP contribution in [-0.2, 0) is 14.4 Å². The van der Waals surface area contributed by atoms with E-state index < -0.39 is 5.97 Å². The van der Waals surface area contributed by atoms with Crippen LogP contribution in [0.2, 0.25) is 0 Å². The van der Waals surface area contributed by atoms with E-state index in [0.29, 0.717) is 19.5 Å². The molecule has 15 heavy (non-hydrogen) atoms. The maximum Gasteiger partial charge on any atom is 0.303 e. The largest absolute Gasteiger partial charge is 0.481 e. The number of hydrogen-bond donors (Lipinski definition) is 3. The lowest BCUT2D eigenvalue weighted by Gasteiger charge is -2.08. The molecule has 1 aliphatic heterocycles. The molecule has 0 aromatic heterocycles. The van der Waals surface area contributed by atoms with E-state index in [1.54, 1.807) is 0 Å². The zero-order valence-electron chi connectivity index (χ0n) is 8.28. The zero-order valence-corrected chi connectivity index (χ0v) is 8.28. The average Bonchev–Trinajstić information content (AvgIpc) is 2.58. The summed E-state index contributed by atoms with van der Waals surface area (Å²) < 4.78 is 0. The summed E-state index contributed by atoms with van der Waals surface area (Å²) >= 11 is 0. The SMILES string of the molecule is O=C(O)CCC(=O)NCC1CNC(=O)C1. The van der Waals surface area contributed by atoms with Crippen molar-refractivity contribution in [2.24, 2.45) is 5.92 Å². The minimum Gasteiger partial charge on any atom is -0.481 e. The third-order valence-electron chi connectivity index (χ3n) is 2.22. The first-order valence-electron chi connectivity index (χ1n) is 4.83. The smallest absolute Gasteiger partial charge is 0.303 e. The molecular formula is C9H14N2O4. The van der Waals surface area contributed by atoms with Crippen LogP contribution in [0.15, 0.2) is 0 Å². The molecule has 0 bridgehead atoms. The predicted octanol–water partition coefficient (Wildman–Crippen LogP) is -0.896. The van der Waals surface area contributed by atoms with Crippen LogP contribution >= 0.6 is 0 Å². The molecular weight excluding hydrogens is 200 g/mol. The van der Waals surface area contributed by atoms with Crippen molar-refractivity contribution in [2.75, 3.05) is 13.1 Å². The molecule has 1 atom stereocenters. The second-order valence-electron chi connectivity index (χ2n) is 3.57. The topological polar surface area (TPSA) is 95.5 Å². The summed E-state index contributed by atoms with van der Waals surface area (Å²) in [4.78, 5) is 32.1.